The summed E-state index contributed by atoms with van der Waals surface area (Å²) in [6.45, 7) is 15.6. The molecule has 1 heterocycles. The number of rotatable bonds is 8. The van der Waals surface area contributed by atoms with Crippen molar-refractivity contribution in [3.05, 3.63) is 65.2 Å². The van der Waals surface area contributed by atoms with Gasteiger partial charge in [0.1, 0.15) is 5.60 Å². The minimum Gasteiger partial charge on any atom is -0.459 e. The summed E-state index contributed by atoms with van der Waals surface area (Å²) in [7, 11) is 0. The molecule has 7 nitrogen and oxygen atoms in total. The molecule has 0 spiro atoms. The second-order valence-electron chi connectivity index (χ2n) is 14.9. The first kappa shape index (κ1) is 33.7. The maximum atomic E-state index is 14.1. The second-order valence-corrected chi connectivity index (χ2v) is 14.9. The van der Waals surface area contributed by atoms with Gasteiger partial charge in [-0.25, -0.2) is 0 Å². The van der Waals surface area contributed by atoms with Crippen LogP contribution < -0.4 is 10.6 Å². The minimum absolute atomic E-state index is 0.00600. The van der Waals surface area contributed by atoms with Crippen molar-refractivity contribution in [2.45, 2.75) is 104 Å². The number of hydrogen-bond donors (Lipinski definition) is 2. The highest BCUT2D eigenvalue weighted by atomic mass is 16.6. The summed E-state index contributed by atoms with van der Waals surface area (Å²) in [6.07, 6.45) is 5.54. The van der Waals surface area contributed by atoms with Crippen LogP contribution in [0.2, 0.25) is 0 Å². The third-order valence-corrected chi connectivity index (χ3v) is 9.08. The molecule has 1 aliphatic heterocycles. The summed E-state index contributed by atoms with van der Waals surface area (Å²) in [5.74, 6) is 0.0228. The number of hydrogen-bond acceptors (Lipinski definition) is 5. The Hall–Kier alpha value is -3.19. The van der Waals surface area contributed by atoms with Crippen LogP contribution in [0.3, 0.4) is 0 Å². The number of carbonyl (C=O) groups excluding carboxylic acids is 3. The molecule has 1 saturated carbocycles. The van der Waals surface area contributed by atoms with E-state index in [1.165, 1.54) is 5.56 Å². The second kappa shape index (κ2) is 14.3. The maximum Gasteiger partial charge on any atom is 0.320 e. The van der Waals surface area contributed by atoms with E-state index in [9.17, 15) is 14.4 Å². The molecule has 0 bridgehead atoms. The summed E-state index contributed by atoms with van der Waals surface area (Å²) in [5, 5.41) is 6.56. The normalized spacial score (nSPS) is 22.8. The van der Waals surface area contributed by atoms with Crippen molar-refractivity contribution in [1.29, 1.82) is 0 Å². The molecule has 240 valence electrons. The Morgan fingerprint density at radius 1 is 0.932 bits per heavy atom. The van der Waals surface area contributed by atoms with E-state index < -0.39 is 5.60 Å². The molecule has 2 aromatic rings. The molecule has 7 heteroatoms. The molecule has 4 rings (SSSR count). The van der Waals surface area contributed by atoms with E-state index in [1.54, 1.807) is 0 Å². The van der Waals surface area contributed by atoms with E-state index in [4.69, 9.17) is 4.74 Å². The third-order valence-electron chi connectivity index (χ3n) is 9.08. The summed E-state index contributed by atoms with van der Waals surface area (Å²) >= 11 is 0. The Balaban J connectivity index is 1.55. The lowest BCUT2D eigenvalue weighted by Crippen LogP contribution is -2.56. The molecule has 2 N–H and O–H groups in total. The molecule has 0 aromatic heterocycles. The number of esters is 1. The molecular weight excluding hydrogens is 550 g/mol. The Bertz CT molecular complexity index is 1310. The summed E-state index contributed by atoms with van der Waals surface area (Å²) < 4.78 is 5.46. The van der Waals surface area contributed by atoms with Crippen LogP contribution in [0.5, 0.6) is 0 Å². The van der Waals surface area contributed by atoms with Gasteiger partial charge in [-0.15, -0.1) is 0 Å². The lowest BCUT2D eigenvalue weighted by Gasteiger charge is -2.47. The van der Waals surface area contributed by atoms with Gasteiger partial charge in [-0.3, -0.25) is 14.4 Å². The number of anilines is 1. The lowest BCUT2D eigenvalue weighted by molar-refractivity contribution is -0.153. The number of piperidine rings is 1. The van der Waals surface area contributed by atoms with E-state index in [0.29, 0.717) is 24.6 Å². The number of carbonyl (C=O) groups is 3. The summed E-state index contributed by atoms with van der Waals surface area (Å²) in [6, 6.07) is 15.7. The first-order valence-electron chi connectivity index (χ1n) is 16.4. The minimum atomic E-state index is -0.508. The van der Waals surface area contributed by atoms with Gasteiger partial charge in [0.2, 0.25) is 5.91 Å². The van der Waals surface area contributed by atoms with Crippen LogP contribution in [0.25, 0.3) is 0 Å². The number of benzene rings is 2. The SMILES string of the molecule is Cc1ccccc1C(=O)N1CCCC(C(=O)Nc2cccc(C(C)(C)C)c2)C1C1CCC[C@H](CNCC(=O)OC(C)(C)C)C1. The Morgan fingerprint density at radius 2 is 1.68 bits per heavy atom. The smallest absolute Gasteiger partial charge is 0.320 e. The number of nitrogens with zero attached hydrogens (tertiary/aromatic N) is 1. The fourth-order valence-corrected chi connectivity index (χ4v) is 6.97. The van der Waals surface area contributed by atoms with Crippen molar-refractivity contribution in [3.8, 4) is 0 Å². The van der Waals surface area contributed by atoms with Crippen LogP contribution in [0.1, 0.15) is 102 Å². The first-order valence-corrected chi connectivity index (χ1v) is 16.4. The molecule has 0 radical (unpaired) electrons. The molecule has 4 atom stereocenters. The van der Waals surface area contributed by atoms with Gasteiger partial charge in [0.05, 0.1) is 12.5 Å². The van der Waals surface area contributed by atoms with Crippen molar-refractivity contribution in [3.63, 3.8) is 0 Å². The van der Waals surface area contributed by atoms with E-state index in [2.05, 4.69) is 43.5 Å². The van der Waals surface area contributed by atoms with E-state index in [-0.39, 0.29) is 47.6 Å². The standard InChI is InChI=1S/C37H53N3O4/c1-25-13-8-9-18-30(25)35(43)40-20-12-19-31(34(42)39-29-17-11-16-28(22-29)36(2,3)4)33(40)27-15-10-14-26(21-27)23-38-24-32(41)44-37(5,6)7/h8-9,11,13,16-18,22,26-27,31,33,38H,10,12,14-15,19-21,23-24H2,1-7H3,(H,39,42)/t26-,27?,31?,33?/m0/s1. The topological polar surface area (TPSA) is 87.7 Å². The van der Waals surface area contributed by atoms with Crippen molar-refractivity contribution >= 4 is 23.5 Å². The molecule has 2 amide bonds. The number of nitrogens with one attached hydrogen (secondary N) is 2. The van der Waals surface area contributed by atoms with Gasteiger partial charge in [-0.2, -0.15) is 0 Å². The van der Waals surface area contributed by atoms with Crippen molar-refractivity contribution in [2.75, 3.05) is 25.0 Å². The van der Waals surface area contributed by atoms with Crippen LogP contribution >= 0.6 is 0 Å². The molecule has 3 unspecified atom stereocenters. The van der Waals surface area contributed by atoms with Crippen LogP contribution in [0.15, 0.2) is 48.5 Å². The van der Waals surface area contributed by atoms with Crippen molar-refractivity contribution < 1.29 is 19.1 Å². The van der Waals surface area contributed by atoms with Crippen LogP contribution in [-0.4, -0.2) is 54.0 Å². The van der Waals surface area contributed by atoms with Gasteiger partial charge < -0.3 is 20.3 Å². The monoisotopic (exact) mass is 603 g/mol. The third kappa shape index (κ3) is 8.93. The fraction of sp³-hybridized carbons (Fsp3) is 0.595. The zero-order chi connectivity index (χ0) is 32.1. The summed E-state index contributed by atoms with van der Waals surface area (Å²) in [4.78, 5) is 42.5. The Labute approximate surface area is 264 Å². The van der Waals surface area contributed by atoms with Gasteiger partial charge in [0.15, 0.2) is 0 Å². The van der Waals surface area contributed by atoms with E-state index >= 15 is 0 Å². The average molecular weight is 604 g/mol. The van der Waals surface area contributed by atoms with Crippen molar-refractivity contribution in [1.82, 2.24) is 10.2 Å². The Morgan fingerprint density at radius 3 is 2.39 bits per heavy atom. The van der Waals surface area contributed by atoms with Gasteiger partial charge in [-0.1, -0.05) is 57.5 Å². The molecule has 1 aliphatic carbocycles. The Kier molecular flexibility index (Phi) is 10.9. The molecular formula is C37H53N3O4. The number of aryl methyl sites for hydroxylation is 1. The first-order chi connectivity index (χ1) is 20.7. The zero-order valence-electron chi connectivity index (χ0n) is 27.9. The average Bonchev–Trinajstić information content (AvgIpc) is 2.95. The molecule has 1 saturated heterocycles. The predicted molar refractivity (Wildman–Crippen MR) is 177 cm³/mol. The highest BCUT2D eigenvalue weighted by Crippen LogP contribution is 2.40. The summed E-state index contributed by atoms with van der Waals surface area (Å²) in [5.41, 5.74) is 3.10. The number of amides is 2. The zero-order valence-corrected chi connectivity index (χ0v) is 27.9. The maximum absolute atomic E-state index is 14.1. The molecule has 2 fully saturated rings. The highest BCUT2D eigenvalue weighted by Gasteiger charge is 2.44. The molecule has 44 heavy (non-hydrogen) atoms. The van der Waals surface area contributed by atoms with E-state index in [0.717, 1.165) is 49.8 Å². The fourth-order valence-electron chi connectivity index (χ4n) is 6.97. The van der Waals surface area contributed by atoms with Gasteiger partial charge in [-0.05, 0) is 113 Å². The van der Waals surface area contributed by atoms with Crippen molar-refractivity contribution in [2.24, 2.45) is 17.8 Å². The van der Waals surface area contributed by atoms with Gasteiger partial charge in [0, 0.05) is 23.8 Å². The number of ether oxygens (including phenoxy) is 1. The van der Waals surface area contributed by atoms with Gasteiger partial charge >= 0.3 is 5.97 Å². The van der Waals surface area contributed by atoms with Gasteiger partial charge in [0.25, 0.3) is 5.91 Å². The van der Waals surface area contributed by atoms with E-state index in [1.807, 2.05) is 69.0 Å². The predicted octanol–water partition coefficient (Wildman–Crippen LogP) is 6.89. The van der Waals surface area contributed by atoms with Crippen LogP contribution in [0.4, 0.5) is 5.69 Å². The quantitative estimate of drug-likeness (QED) is 0.321. The molecule has 2 aliphatic rings. The highest BCUT2D eigenvalue weighted by molar-refractivity contribution is 5.97. The van der Waals surface area contributed by atoms with Crippen LogP contribution in [-0.2, 0) is 19.7 Å². The molecule has 2 aromatic carbocycles. The largest absolute Gasteiger partial charge is 0.459 e. The lowest BCUT2D eigenvalue weighted by atomic mass is 9.71. The van der Waals surface area contributed by atoms with Crippen LogP contribution in [0, 0.1) is 24.7 Å². The number of likely N-dealkylation sites (tertiary alicyclic amines) is 1.